The summed E-state index contributed by atoms with van der Waals surface area (Å²) >= 11 is 0. The third-order valence-corrected chi connectivity index (χ3v) is 3.39. The van der Waals surface area contributed by atoms with Gasteiger partial charge < -0.3 is 5.32 Å². The molecule has 3 heteroatoms. The predicted molar refractivity (Wildman–Crippen MR) is 62.0 cm³/mol. The van der Waals surface area contributed by atoms with E-state index in [9.17, 15) is 0 Å². The van der Waals surface area contributed by atoms with Crippen LogP contribution in [0.15, 0.2) is 12.3 Å². The molecular formula is C12H21N3. The van der Waals surface area contributed by atoms with Gasteiger partial charge in [-0.3, -0.25) is 4.68 Å². The van der Waals surface area contributed by atoms with Gasteiger partial charge in [0.2, 0.25) is 0 Å². The predicted octanol–water partition coefficient (Wildman–Crippen LogP) is 2.18. The van der Waals surface area contributed by atoms with E-state index in [1.807, 2.05) is 4.68 Å². The summed E-state index contributed by atoms with van der Waals surface area (Å²) in [5.41, 5.74) is 1.56. The number of nitrogens with zero attached hydrogens (tertiary/aromatic N) is 2. The van der Waals surface area contributed by atoms with Crippen LogP contribution in [-0.2, 0) is 0 Å². The lowest BCUT2D eigenvalue weighted by atomic mass is 9.80. The van der Waals surface area contributed by atoms with Crippen LogP contribution in [0.2, 0.25) is 0 Å². The lowest BCUT2D eigenvalue weighted by Gasteiger charge is -2.23. The minimum atomic E-state index is 0.330. The normalized spacial score (nSPS) is 25.0. The van der Waals surface area contributed by atoms with E-state index >= 15 is 0 Å². The Morgan fingerprint density at radius 1 is 1.53 bits per heavy atom. The maximum Gasteiger partial charge on any atom is 0.0674 e. The molecule has 1 aliphatic rings. The molecular weight excluding hydrogens is 186 g/mol. The molecule has 1 saturated heterocycles. The van der Waals surface area contributed by atoms with Crippen molar-refractivity contribution in [3.63, 3.8) is 0 Å². The highest BCUT2D eigenvalue weighted by atomic mass is 15.3. The molecule has 0 unspecified atom stereocenters. The Morgan fingerprint density at radius 3 is 2.73 bits per heavy atom. The summed E-state index contributed by atoms with van der Waals surface area (Å²) < 4.78 is 2.05. The molecule has 0 aliphatic carbocycles. The van der Waals surface area contributed by atoms with Gasteiger partial charge >= 0.3 is 0 Å². The van der Waals surface area contributed by atoms with Gasteiger partial charge in [0.1, 0.15) is 0 Å². The molecule has 1 fully saturated rings. The van der Waals surface area contributed by atoms with E-state index < -0.39 is 0 Å². The third kappa shape index (κ3) is 1.93. The zero-order chi connectivity index (χ0) is 11.1. The maximum absolute atomic E-state index is 4.66. The fourth-order valence-corrected chi connectivity index (χ4v) is 2.27. The van der Waals surface area contributed by atoms with Gasteiger partial charge in [-0.05, 0) is 25.3 Å². The summed E-state index contributed by atoms with van der Waals surface area (Å²) in [6.07, 6.45) is 2.09. The topological polar surface area (TPSA) is 29.9 Å². The molecule has 1 atom stereocenters. The van der Waals surface area contributed by atoms with Crippen molar-refractivity contribution < 1.29 is 0 Å². The second-order valence-corrected chi connectivity index (χ2v) is 5.49. The Hall–Kier alpha value is -0.830. The quantitative estimate of drug-likeness (QED) is 0.805. The highest BCUT2D eigenvalue weighted by molar-refractivity contribution is 5.14. The summed E-state index contributed by atoms with van der Waals surface area (Å²) in [5, 5.41) is 8.11. The van der Waals surface area contributed by atoms with Crippen LogP contribution in [0.1, 0.15) is 45.3 Å². The van der Waals surface area contributed by atoms with Crippen LogP contribution in [0.4, 0.5) is 0 Å². The molecule has 2 rings (SSSR count). The molecule has 1 N–H and O–H groups in total. The fraction of sp³-hybridized carbons (Fsp3) is 0.750. The van der Waals surface area contributed by atoms with Crippen molar-refractivity contribution in [3.05, 3.63) is 18.0 Å². The Morgan fingerprint density at radius 2 is 2.27 bits per heavy atom. The summed E-state index contributed by atoms with van der Waals surface area (Å²) in [6.45, 7) is 11.1. The number of nitrogens with one attached hydrogen (secondary N) is 1. The first kappa shape index (κ1) is 10.7. The number of hydrogen-bond acceptors (Lipinski definition) is 2. The molecule has 0 radical (unpaired) electrons. The monoisotopic (exact) mass is 207 g/mol. The molecule has 0 amide bonds. The van der Waals surface area contributed by atoms with Crippen molar-refractivity contribution in [2.75, 3.05) is 13.1 Å². The van der Waals surface area contributed by atoms with Gasteiger partial charge in [0.05, 0.1) is 5.69 Å². The van der Waals surface area contributed by atoms with Crippen molar-refractivity contribution in [2.45, 2.75) is 39.7 Å². The van der Waals surface area contributed by atoms with Gasteiger partial charge in [-0.15, -0.1) is 0 Å². The van der Waals surface area contributed by atoms with Gasteiger partial charge in [0, 0.05) is 31.2 Å². The van der Waals surface area contributed by atoms with E-state index in [2.05, 4.69) is 50.4 Å². The van der Waals surface area contributed by atoms with Gasteiger partial charge in [-0.25, -0.2) is 0 Å². The molecule has 0 bridgehead atoms. The SMILES string of the molecule is CC(C)n1ccc([C@@H]2CNCC2(C)C)n1. The second-order valence-electron chi connectivity index (χ2n) is 5.49. The zero-order valence-corrected chi connectivity index (χ0v) is 10.1. The number of rotatable bonds is 2. The molecule has 0 aromatic carbocycles. The van der Waals surface area contributed by atoms with Crippen LogP contribution >= 0.6 is 0 Å². The van der Waals surface area contributed by atoms with Crippen LogP contribution in [0, 0.1) is 5.41 Å². The van der Waals surface area contributed by atoms with Crippen LogP contribution < -0.4 is 5.32 Å². The Bertz CT molecular complexity index is 338. The lowest BCUT2D eigenvalue weighted by molar-refractivity contribution is 0.354. The first-order chi connectivity index (χ1) is 7.00. The first-order valence-electron chi connectivity index (χ1n) is 5.76. The summed E-state index contributed by atoms with van der Waals surface area (Å²) in [4.78, 5) is 0. The minimum absolute atomic E-state index is 0.330. The van der Waals surface area contributed by atoms with Crippen LogP contribution in [-0.4, -0.2) is 22.9 Å². The number of hydrogen-bond donors (Lipinski definition) is 1. The summed E-state index contributed by atoms with van der Waals surface area (Å²) in [7, 11) is 0. The number of aromatic nitrogens is 2. The fourth-order valence-electron chi connectivity index (χ4n) is 2.27. The zero-order valence-electron chi connectivity index (χ0n) is 10.1. The molecule has 15 heavy (non-hydrogen) atoms. The Balaban J connectivity index is 2.22. The molecule has 2 heterocycles. The Labute approximate surface area is 91.9 Å². The minimum Gasteiger partial charge on any atom is -0.315 e. The lowest BCUT2D eigenvalue weighted by Crippen LogP contribution is -2.21. The molecule has 84 valence electrons. The molecule has 1 aliphatic heterocycles. The van der Waals surface area contributed by atoms with Crippen LogP contribution in [0.5, 0.6) is 0 Å². The highest BCUT2D eigenvalue weighted by Gasteiger charge is 2.36. The van der Waals surface area contributed by atoms with Crippen molar-refractivity contribution in [2.24, 2.45) is 5.41 Å². The van der Waals surface area contributed by atoms with E-state index in [1.165, 1.54) is 5.69 Å². The van der Waals surface area contributed by atoms with E-state index in [0.717, 1.165) is 13.1 Å². The van der Waals surface area contributed by atoms with Crippen molar-refractivity contribution in [1.29, 1.82) is 0 Å². The van der Waals surface area contributed by atoms with Gasteiger partial charge in [0.15, 0.2) is 0 Å². The second kappa shape index (κ2) is 3.63. The van der Waals surface area contributed by atoms with Crippen molar-refractivity contribution >= 4 is 0 Å². The molecule has 1 aromatic rings. The molecule has 1 aromatic heterocycles. The molecule has 0 spiro atoms. The standard InChI is InChI=1S/C12H21N3/c1-9(2)15-6-5-11(14-15)10-7-13-8-12(10,3)4/h5-6,9-10,13H,7-8H2,1-4H3/t10-/m0/s1. The van der Waals surface area contributed by atoms with E-state index in [4.69, 9.17) is 0 Å². The average molecular weight is 207 g/mol. The van der Waals surface area contributed by atoms with Crippen LogP contribution in [0.3, 0.4) is 0 Å². The largest absolute Gasteiger partial charge is 0.315 e. The highest BCUT2D eigenvalue weighted by Crippen LogP contribution is 2.37. The maximum atomic E-state index is 4.66. The van der Waals surface area contributed by atoms with E-state index in [1.54, 1.807) is 0 Å². The van der Waals surface area contributed by atoms with Crippen molar-refractivity contribution in [1.82, 2.24) is 15.1 Å². The summed E-state index contributed by atoms with van der Waals surface area (Å²) in [5.74, 6) is 0.553. The van der Waals surface area contributed by atoms with Gasteiger partial charge in [0.25, 0.3) is 0 Å². The van der Waals surface area contributed by atoms with Gasteiger partial charge in [-0.2, -0.15) is 5.10 Å². The Kier molecular flexibility index (Phi) is 2.59. The van der Waals surface area contributed by atoms with E-state index in [0.29, 0.717) is 17.4 Å². The molecule has 3 nitrogen and oxygen atoms in total. The smallest absolute Gasteiger partial charge is 0.0674 e. The van der Waals surface area contributed by atoms with Crippen LogP contribution in [0.25, 0.3) is 0 Å². The molecule has 0 saturated carbocycles. The van der Waals surface area contributed by atoms with Gasteiger partial charge in [-0.1, -0.05) is 13.8 Å². The third-order valence-electron chi connectivity index (χ3n) is 3.39. The first-order valence-corrected chi connectivity index (χ1v) is 5.76. The van der Waals surface area contributed by atoms with E-state index in [-0.39, 0.29) is 0 Å². The summed E-state index contributed by atoms with van der Waals surface area (Å²) in [6, 6.07) is 2.62. The average Bonchev–Trinajstić information content (AvgIpc) is 2.69. The van der Waals surface area contributed by atoms with Crippen molar-refractivity contribution in [3.8, 4) is 0 Å².